The third kappa shape index (κ3) is 3.74. The van der Waals surface area contributed by atoms with Gasteiger partial charge < -0.3 is 9.84 Å². The maximum absolute atomic E-state index is 10.6. The highest BCUT2D eigenvalue weighted by atomic mass is 16.5. The lowest BCUT2D eigenvalue weighted by atomic mass is 10.0. The van der Waals surface area contributed by atoms with Crippen molar-refractivity contribution in [1.82, 2.24) is 15.1 Å². The number of aromatic nitrogens is 2. The average molecular weight is 315 g/mol. The van der Waals surface area contributed by atoms with Gasteiger partial charge in [0, 0.05) is 24.2 Å². The van der Waals surface area contributed by atoms with Gasteiger partial charge in [-0.25, -0.2) is 0 Å². The molecule has 0 spiro atoms. The van der Waals surface area contributed by atoms with E-state index in [0.717, 1.165) is 54.8 Å². The minimum absolute atomic E-state index is 0.515. The predicted molar refractivity (Wildman–Crippen MR) is 90.3 cm³/mol. The Bertz CT molecular complexity index is 630. The second kappa shape index (κ2) is 6.72. The van der Waals surface area contributed by atoms with Gasteiger partial charge in [0.25, 0.3) is 0 Å². The molecule has 0 aliphatic heterocycles. The summed E-state index contributed by atoms with van der Waals surface area (Å²) in [4.78, 5) is 2.18. The van der Waals surface area contributed by atoms with Gasteiger partial charge in [-0.15, -0.1) is 0 Å². The lowest BCUT2D eigenvalue weighted by molar-refractivity contribution is 0.0145. The first kappa shape index (κ1) is 16.0. The van der Waals surface area contributed by atoms with Crippen molar-refractivity contribution in [2.45, 2.75) is 37.8 Å². The maximum atomic E-state index is 10.6. The van der Waals surface area contributed by atoms with Crippen molar-refractivity contribution < 1.29 is 9.84 Å². The number of nitrogens with zero attached hydrogens (tertiary/aromatic N) is 2. The first-order valence-electron chi connectivity index (χ1n) is 8.17. The number of likely N-dealkylation sites (N-methyl/N-ethyl adjacent to an activating group) is 1. The quantitative estimate of drug-likeness (QED) is 0.860. The van der Waals surface area contributed by atoms with Crippen LogP contribution in [-0.2, 0) is 6.54 Å². The molecule has 1 aliphatic carbocycles. The second-order valence-corrected chi connectivity index (χ2v) is 6.60. The average Bonchev–Trinajstić information content (AvgIpc) is 3.16. The lowest BCUT2D eigenvalue weighted by Gasteiger charge is -2.28. The van der Waals surface area contributed by atoms with E-state index in [2.05, 4.69) is 22.1 Å². The SMILES string of the molecule is COc1ccc(-c2[nH]ncc2CN(C)CC2(O)CCCC2)cc1. The monoisotopic (exact) mass is 315 g/mol. The van der Waals surface area contributed by atoms with Crippen LogP contribution in [0.2, 0.25) is 0 Å². The summed E-state index contributed by atoms with van der Waals surface area (Å²) in [5, 5.41) is 17.8. The topological polar surface area (TPSA) is 61.4 Å². The summed E-state index contributed by atoms with van der Waals surface area (Å²) in [7, 11) is 3.72. The van der Waals surface area contributed by atoms with Crippen LogP contribution in [0.3, 0.4) is 0 Å². The van der Waals surface area contributed by atoms with Crippen LogP contribution in [0, 0.1) is 0 Å². The van der Waals surface area contributed by atoms with Gasteiger partial charge >= 0.3 is 0 Å². The highest BCUT2D eigenvalue weighted by Gasteiger charge is 2.32. The molecule has 1 aromatic heterocycles. The number of aliphatic hydroxyl groups is 1. The fourth-order valence-corrected chi connectivity index (χ4v) is 3.48. The Morgan fingerprint density at radius 3 is 2.61 bits per heavy atom. The fourth-order valence-electron chi connectivity index (χ4n) is 3.48. The summed E-state index contributed by atoms with van der Waals surface area (Å²) in [5.41, 5.74) is 2.74. The van der Waals surface area contributed by atoms with Gasteiger partial charge in [-0.2, -0.15) is 5.10 Å². The van der Waals surface area contributed by atoms with Gasteiger partial charge in [-0.05, 0) is 44.2 Å². The Morgan fingerprint density at radius 2 is 1.96 bits per heavy atom. The van der Waals surface area contributed by atoms with E-state index >= 15 is 0 Å². The second-order valence-electron chi connectivity index (χ2n) is 6.60. The Hall–Kier alpha value is -1.85. The van der Waals surface area contributed by atoms with Crippen molar-refractivity contribution in [3.8, 4) is 17.0 Å². The lowest BCUT2D eigenvalue weighted by Crippen LogP contribution is -2.38. The summed E-state index contributed by atoms with van der Waals surface area (Å²) < 4.78 is 5.20. The zero-order valence-corrected chi connectivity index (χ0v) is 13.9. The number of ether oxygens (including phenoxy) is 1. The summed E-state index contributed by atoms with van der Waals surface area (Å²) in [6.45, 7) is 1.47. The van der Waals surface area contributed by atoms with Crippen molar-refractivity contribution in [2.75, 3.05) is 20.7 Å². The number of H-pyrrole nitrogens is 1. The molecule has 0 unspecified atom stereocenters. The number of nitrogens with one attached hydrogen (secondary N) is 1. The molecule has 124 valence electrons. The number of aromatic amines is 1. The molecular formula is C18H25N3O2. The van der Waals surface area contributed by atoms with Crippen LogP contribution in [0.15, 0.2) is 30.5 Å². The van der Waals surface area contributed by atoms with Crippen molar-refractivity contribution in [3.63, 3.8) is 0 Å². The molecule has 1 saturated carbocycles. The molecule has 2 aromatic rings. The first-order chi connectivity index (χ1) is 11.1. The molecule has 1 aliphatic rings. The molecule has 1 aromatic carbocycles. The molecule has 5 nitrogen and oxygen atoms in total. The maximum Gasteiger partial charge on any atom is 0.118 e. The van der Waals surface area contributed by atoms with Crippen LogP contribution >= 0.6 is 0 Å². The molecule has 0 atom stereocenters. The van der Waals surface area contributed by atoms with E-state index < -0.39 is 5.60 Å². The predicted octanol–water partition coefficient (Wildman–Crippen LogP) is 2.82. The van der Waals surface area contributed by atoms with E-state index in [-0.39, 0.29) is 0 Å². The Kier molecular flexibility index (Phi) is 4.68. The zero-order chi connectivity index (χ0) is 16.3. The van der Waals surface area contributed by atoms with Crippen LogP contribution in [0.4, 0.5) is 0 Å². The van der Waals surface area contributed by atoms with E-state index in [1.165, 1.54) is 0 Å². The van der Waals surface area contributed by atoms with Gasteiger partial charge in [-0.3, -0.25) is 10.00 Å². The van der Waals surface area contributed by atoms with Crippen LogP contribution < -0.4 is 4.74 Å². The molecule has 5 heteroatoms. The number of methoxy groups -OCH3 is 1. The minimum Gasteiger partial charge on any atom is -0.497 e. The van der Waals surface area contributed by atoms with Crippen molar-refractivity contribution in [2.24, 2.45) is 0 Å². The number of hydrogen-bond donors (Lipinski definition) is 2. The zero-order valence-electron chi connectivity index (χ0n) is 13.9. The summed E-state index contributed by atoms with van der Waals surface area (Å²) in [6.07, 6.45) is 5.96. The molecule has 2 N–H and O–H groups in total. The normalized spacial score (nSPS) is 16.9. The Morgan fingerprint density at radius 1 is 1.26 bits per heavy atom. The van der Waals surface area contributed by atoms with E-state index in [1.807, 2.05) is 30.5 Å². The fraction of sp³-hybridized carbons (Fsp3) is 0.500. The number of rotatable bonds is 6. The van der Waals surface area contributed by atoms with Crippen molar-refractivity contribution in [1.29, 1.82) is 0 Å². The molecule has 0 radical (unpaired) electrons. The largest absolute Gasteiger partial charge is 0.497 e. The van der Waals surface area contributed by atoms with Gasteiger partial charge in [0.15, 0.2) is 0 Å². The first-order valence-corrected chi connectivity index (χ1v) is 8.17. The van der Waals surface area contributed by atoms with Gasteiger partial charge in [0.2, 0.25) is 0 Å². The van der Waals surface area contributed by atoms with Crippen molar-refractivity contribution in [3.05, 3.63) is 36.0 Å². The van der Waals surface area contributed by atoms with Crippen LogP contribution in [-0.4, -0.2) is 46.5 Å². The summed E-state index contributed by atoms with van der Waals surface area (Å²) >= 11 is 0. The molecule has 0 amide bonds. The highest BCUT2D eigenvalue weighted by Crippen LogP contribution is 2.31. The van der Waals surface area contributed by atoms with Crippen LogP contribution in [0.5, 0.6) is 5.75 Å². The third-order valence-electron chi connectivity index (χ3n) is 4.64. The molecule has 1 heterocycles. The standard InChI is InChI=1S/C18H25N3O2/c1-21(13-18(22)9-3-4-10-18)12-15-11-19-20-17(15)14-5-7-16(23-2)8-6-14/h5-8,11,22H,3-4,9-10,12-13H2,1-2H3,(H,19,20). The van der Waals surface area contributed by atoms with Crippen LogP contribution in [0.1, 0.15) is 31.2 Å². The smallest absolute Gasteiger partial charge is 0.118 e. The van der Waals surface area contributed by atoms with Crippen LogP contribution in [0.25, 0.3) is 11.3 Å². The summed E-state index contributed by atoms with van der Waals surface area (Å²) in [5.74, 6) is 0.843. The molecule has 1 fully saturated rings. The highest BCUT2D eigenvalue weighted by molar-refractivity contribution is 5.63. The third-order valence-corrected chi connectivity index (χ3v) is 4.64. The van der Waals surface area contributed by atoms with E-state index in [4.69, 9.17) is 4.74 Å². The molecule has 0 saturated heterocycles. The molecular weight excluding hydrogens is 290 g/mol. The molecule has 0 bridgehead atoms. The van der Waals surface area contributed by atoms with E-state index in [9.17, 15) is 5.11 Å². The molecule has 23 heavy (non-hydrogen) atoms. The van der Waals surface area contributed by atoms with E-state index in [1.54, 1.807) is 7.11 Å². The number of hydrogen-bond acceptors (Lipinski definition) is 4. The number of benzene rings is 1. The van der Waals surface area contributed by atoms with E-state index in [0.29, 0.717) is 6.54 Å². The van der Waals surface area contributed by atoms with Gasteiger partial charge in [-0.1, -0.05) is 12.8 Å². The summed E-state index contributed by atoms with van der Waals surface area (Å²) in [6, 6.07) is 7.95. The molecule has 3 rings (SSSR count). The van der Waals surface area contributed by atoms with Gasteiger partial charge in [0.1, 0.15) is 5.75 Å². The Balaban J connectivity index is 1.70. The van der Waals surface area contributed by atoms with Crippen molar-refractivity contribution >= 4 is 0 Å². The van der Waals surface area contributed by atoms with Gasteiger partial charge in [0.05, 0.1) is 24.6 Å². The Labute approximate surface area is 137 Å². The minimum atomic E-state index is -0.515.